The van der Waals surface area contributed by atoms with Crippen LogP contribution in [-0.4, -0.2) is 11.6 Å². The Bertz CT molecular complexity index is 525. The van der Waals surface area contributed by atoms with E-state index in [9.17, 15) is 0 Å². The molecule has 3 nitrogen and oxygen atoms in total. The first kappa shape index (κ1) is 11.6. The fraction of sp³-hybridized carbons (Fsp3) is 0.231. The Morgan fingerprint density at radius 3 is 2.76 bits per heavy atom. The first-order valence-electron chi connectivity index (χ1n) is 5.32. The number of hydrogen-bond donors (Lipinski definition) is 0. The van der Waals surface area contributed by atoms with Crippen LogP contribution >= 0.6 is 11.3 Å². The molecule has 0 radical (unpaired) electrons. The van der Waals surface area contributed by atoms with Crippen LogP contribution < -0.4 is 4.74 Å². The Balaban J connectivity index is 1.83. The lowest BCUT2D eigenvalue weighted by molar-refractivity contribution is 0.321. The third-order valence-electron chi connectivity index (χ3n) is 2.27. The van der Waals surface area contributed by atoms with E-state index in [2.05, 4.69) is 11.1 Å². The van der Waals surface area contributed by atoms with E-state index in [0.717, 1.165) is 17.2 Å². The van der Waals surface area contributed by atoms with Crippen LogP contribution in [0.1, 0.15) is 15.4 Å². The molecule has 0 atom stereocenters. The minimum Gasteiger partial charge on any atom is -0.493 e. The normalized spacial score (nSPS) is 9.88. The average Bonchev–Trinajstić information content (AvgIpc) is 2.80. The monoisotopic (exact) mass is 244 g/mol. The van der Waals surface area contributed by atoms with Gasteiger partial charge in [0.05, 0.1) is 17.8 Å². The van der Waals surface area contributed by atoms with Gasteiger partial charge in [0, 0.05) is 6.42 Å². The lowest BCUT2D eigenvalue weighted by atomic mass is 10.2. The maximum absolute atomic E-state index is 8.67. The fourth-order valence-electron chi connectivity index (χ4n) is 1.37. The number of aromatic nitrogens is 1. The summed E-state index contributed by atoms with van der Waals surface area (Å²) in [5, 5.41) is 9.61. The van der Waals surface area contributed by atoms with Crippen molar-refractivity contribution in [3.63, 3.8) is 0 Å². The predicted octanol–water partition coefficient (Wildman–Crippen LogP) is 2.94. The fourth-order valence-corrected chi connectivity index (χ4v) is 2.06. The summed E-state index contributed by atoms with van der Waals surface area (Å²) in [5.74, 6) is 0.868. The van der Waals surface area contributed by atoms with Crippen LogP contribution in [0.5, 0.6) is 5.75 Å². The van der Waals surface area contributed by atoms with Gasteiger partial charge >= 0.3 is 0 Å². The smallest absolute Gasteiger partial charge is 0.124 e. The van der Waals surface area contributed by atoms with Crippen LogP contribution in [0.25, 0.3) is 0 Å². The first-order valence-corrected chi connectivity index (χ1v) is 6.14. The predicted molar refractivity (Wildman–Crippen MR) is 67.2 cm³/mol. The van der Waals surface area contributed by atoms with Gasteiger partial charge in [-0.2, -0.15) is 5.26 Å². The van der Waals surface area contributed by atoms with Crippen molar-refractivity contribution in [2.45, 2.75) is 13.3 Å². The summed E-state index contributed by atoms with van der Waals surface area (Å²) < 4.78 is 5.59. The van der Waals surface area contributed by atoms with Crippen molar-refractivity contribution in [1.82, 2.24) is 4.98 Å². The summed E-state index contributed by atoms with van der Waals surface area (Å²) in [7, 11) is 0. The van der Waals surface area contributed by atoms with Crippen molar-refractivity contribution in [3.8, 4) is 11.8 Å². The summed E-state index contributed by atoms with van der Waals surface area (Å²) in [6, 6.07) is 10.0. The van der Waals surface area contributed by atoms with Crippen molar-refractivity contribution < 1.29 is 4.74 Å². The van der Waals surface area contributed by atoms with Gasteiger partial charge in [0.25, 0.3) is 0 Å². The summed E-state index contributed by atoms with van der Waals surface area (Å²) in [6.45, 7) is 2.63. The topological polar surface area (TPSA) is 45.9 Å². The maximum Gasteiger partial charge on any atom is 0.124 e. The van der Waals surface area contributed by atoms with Crippen LogP contribution in [0, 0.1) is 18.3 Å². The molecule has 1 aromatic heterocycles. The second-order valence-electron chi connectivity index (χ2n) is 3.64. The van der Waals surface area contributed by atoms with Gasteiger partial charge in [0.15, 0.2) is 0 Å². The number of thiazole rings is 1. The van der Waals surface area contributed by atoms with E-state index in [0.29, 0.717) is 11.5 Å². The Kier molecular flexibility index (Phi) is 3.73. The second kappa shape index (κ2) is 5.46. The Labute approximate surface area is 104 Å². The minimum absolute atomic E-state index is 0.585. The molecule has 0 aliphatic rings. The van der Waals surface area contributed by atoms with Crippen LogP contribution in [0.3, 0.4) is 0 Å². The second-order valence-corrected chi connectivity index (χ2v) is 4.76. The molecule has 0 bridgehead atoms. The van der Waals surface area contributed by atoms with Gasteiger partial charge < -0.3 is 4.74 Å². The molecule has 0 saturated carbocycles. The summed E-state index contributed by atoms with van der Waals surface area (Å²) in [4.78, 5) is 4.80. The number of nitriles is 1. The molecule has 17 heavy (non-hydrogen) atoms. The molecule has 1 heterocycles. The molecule has 0 spiro atoms. The molecular formula is C13H12N2OS. The van der Waals surface area contributed by atoms with E-state index < -0.39 is 0 Å². The van der Waals surface area contributed by atoms with Crippen molar-refractivity contribution in [3.05, 3.63) is 45.9 Å². The van der Waals surface area contributed by atoms with Gasteiger partial charge in [0.2, 0.25) is 0 Å². The first-order chi connectivity index (χ1) is 8.28. The number of aryl methyl sites for hydroxylation is 1. The maximum atomic E-state index is 8.67. The molecule has 0 saturated heterocycles. The summed E-state index contributed by atoms with van der Waals surface area (Å²) in [5.41, 5.74) is 1.22. The Morgan fingerprint density at radius 1 is 1.35 bits per heavy atom. The van der Waals surface area contributed by atoms with Crippen molar-refractivity contribution in [2.75, 3.05) is 6.61 Å². The molecule has 0 fully saturated rings. The van der Waals surface area contributed by atoms with Crippen LogP contribution in [0.15, 0.2) is 30.5 Å². The molecule has 86 valence electrons. The molecule has 1 aromatic carbocycles. The van der Waals surface area contributed by atoms with E-state index in [1.807, 2.05) is 31.2 Å². The third kappa shape index (κ3) is 3.30. The van der Waals surface area contributed by atoms with Gasteiger partial charge in [-0.25, -0.2) is 4.98 Å². The van der Waals surface area contributed by atoms with Crippen molar-refractivity contribution >= 4 is 11.3 Å². The minimum atomic E-state index is 0.585. The molecule has 2 aromatic rings. The van der Waals surface area contributed by atoms with Gasteiger partial charge in [-0.1, -0.05) is 17.7 Å². The Hall–Kier alpha value is -1.86. The molecule has 0 unspecified atom stereocenters. The molecule has 0 amide bonds. The van der Waals surface area contributed by atoms with E-state index in [-0.39, 0.29) is 0 Å². The molecule has 4 heteroatoms. The number of nitrogens with zero attached hydrogens (tertiary/aromatic N) is 2. The highest BCUT2D eigenvalue weighted by molar-refractivity contribution is 7.12. The number of hydrogen-bond acceptors (Lipinski definition) is 4. The SMILES string of the molecule is Cc1ccc(OCCc2ncc(C#N)s2)cc1. The van der Waals surface area contributed by atoms with Crippen molar-refractivity contribution in [1.29, 1.82) is 5.26 Å². The third-order valence-corrected chi connectivity index (χ3v) is 3.23. The van der Waals surface area contributed by atoms with Gasteiger partial charge in [-0.3, -0.25) is 0 Å². The van der Waals surface area contributed by atoms with E-state index in [4.69, 9.17) is 10.00 Å². The molecule has 0 aliphatic heterocycles. The highest BCUT2D eigenvalue weighted by Gasteiger charge is 2.01. The van der Waals surface area contributed by atoms with Crippen LogP contribution in [0.2, 0.25) is 0 Å². The van der Waals surface area contributed by atoms with Gasteiger partial charge in [-0.15, -0.1) is 11.3 Å². The van der Waals surface area contributed by atoms with Crippen molar-refractivity contribution in [2.24, 2.45) is 0 Å². The van der Waals surface area contributed by atoms with Crippen LogP contribution in [0.4, 0.5) is 0 Å². The van der Waals surface area contributed by atoms with Crippen LogP contribution in [-0.2, 0) is 6.42 Å². The zero-order chi connectivity index (χ0) is 12.1. The molecule has 2 rings (SSSR count). The number of benzene rings is 1. The summed E-state index contributed by atoms with van der Waals surface area (Å²) in [6.07, 6.45) is 2.34. The van der Waals surface area contributed by atoms with E-state index in [1.54, 1.807) is 6.20 Å². The lowest BCUT2D eigenvalue weighted by Crippen LogP contribution is -2.00. The quantitative estimate of drug-likeness (QED) is 0.830. The van der Waals surface area contributed by atoms with Gasteiger partial charge in [-0.05, 0) is 19.1 Å². The molecule has 0 aliphatic carbocycles. The standard InChI is InChI=1S/C13H12N2OS/c1-10-2-4-11(5-3-10)16-7-6-13-15-9-12(8-14)17-13/h2-5,9H,6-7H2,1H3. The average molecular weight is 244 g/mol. The zero-order valence-corrected chi connectivity index (χ0v) is 10.3. The lowest BCUT2D eigenvalue weighted by Gasteiger charge is -2.04. The molecular weight excluding hydrogens is 232 g/mol. The Morgan fingerprint density at radius 2 is 2.12 bits per heavy atom. The highest BCUT2D eigenvalue weighted by Crippen LogP contribution is 2.14. The largest absolute Gasteiger partial charge is 0.493 e. The molecule has 0 N–H and O–H groups in total. The highest BCUT2D eigenvalue weighted by atomic mass is 32.1. The summed E-state index contributed by atoms with van der Waals surface area (Å²) >= 11 is 1.42. The van der Waals surface area contributed by atoms with E-state index >= 15 is 0 Å². The number of ether oxygens (including phenoxy) is 1. The van der Waals surface area contributed by atoms with E-state index in [1.165, 1.54) is 16.9 Å². The zero-order valence-electron chi connectivity index (χ0n) is 9.51. The number of rotatable bonds is 4. The van der Waals surface area contributed by atoms with Gasteiger partial charge in [0.1, 0.15) is 16.7 Å².